The molecule has 3 N–H and O–H groups in total. The molecule has 1 atom stereocenters. The van der Waals surface area contributed by atoms with Crippen molar-refractivity contribution in [2.45, 2.75) is 44.6 Å². The molecule has 9 heteroatoms. The molecule has 0 spiro atoms. The van der Waals surface area contributed by atoms with Crippen LogP contribution in [0.1, 0.15) is 44.0 Å². The van der Waals surface area contributed by atoms with Crippen LogP contribution in [0.5, 0.6) is 5.75 Å². The highest BCUT2D eigenvalue weighted by molar-refractivity contribution is 7.87. The average molecular weight is 400 g/mol. The molecule has 1 unspecified atom stereocenters. The van der Waals surface area contributed by atoms with Gasteiger partial charge in [-0.3, -0.25) is 13.9 Å². The largest absolute Gasteiger partial charge is 0.493 e. The van der Waals surface area contributed by atoms with E-state index in [1.54, 1.807) is 13.8 Å². The van der Waals surface area contributed by atoms with Gasteiger partial charge in [0.05, 0.1) is 24.5 Å². The van der Waals surface area contributed by atoms with Gasteiger partial charge in [-0.25, -0.2) is 0 Å². The van der Waals surface area contributed by atoms with Gasteiger partial charge in [0.1, 0.15) is 10.6 Å². The van der Waals surface area contributed by atoms with E-state index in [-0.39, 0.29) is 34.5 Å². The fraction of sp³-hybridized carbons (Fsp3) is 0.611. The summed E-state index contributed by atoms with van der Waals surface area (Å²) in [4.78, 5) is 14.8. The van der Waals surface area contributed by atoms with Crippen LogP contribution in [-0.4, -0.2) is 58.1 Å². The third-order valence-corrected chi connectivity index (χ3v) is 6.04. The Morgan fingerprint density at radius 1 is 1.30 bits per heavy atom. The van der Waals surface area contributed by atoms with E-state index in [0.717, 1.165) is 25.9 Å². The Morgan fingerprint density at radius 2 is 2.04 bits per heavy atom. The lowest BCUT2D eigenvalue weighted by Gasteiger charge is -2.23. The van der Waals surface area contributed by atoms with Crippen LogP contribution in [0.3, 0.4) is 0 Å². The van der Waals surface area contributed by atoms with E-state index in [0.29, 0.717) is 13.2 Å². The summed E-state index contributed by atoms with van der Waals surface area (Å²) >= 11 is 0. The SMILES string of the molecule is CCOc1cc(N)c(S(=O)(=O)OCC)cc1C(=O)NCC1CCCN1CC. The second-order valence-corrected chi connectivity index (χ2v) is 7.90. The summed E-state index contributed by atoms with van der Waals surface area (Å²) in [6.45, 7) is 8.20. The smallest absolute Gasteiger partial charge is 0.299 e. The number of nitrogens with zero attached hydrogens (tertiary/aromatic N) is 1. The summed E-state index contributed by atoms with van der Waals surface area (Å²) in [5, 5.41) is 2.90. The molecule has 1 aromatic rings. The number of nitrogens with one attached hydrogen (secondary N) is 1. The van der Waals surface area contributed by atoms with Crippen LogP contribution < -0.4 is 15.8 Å². The quantitative estimate of drug-likeness (QED) is 0.479. The third kappa shape index (κ3) is 5.12. The highest BCUT2D eigenvalue weighted by Gasteiger charge is 2.26. The van der Waals surface area contributed by atoms with E-state index >= 15 is 0 Å². The topological polar surface area (TPSA) is 111 Å². The Kier molecular flexibility index (Phi) is 7.46. The molecule has 1 amide bonds. The summed E-state index contributed by atoms with van der Waals surface area (Å²) in [5.41, 5.74) is 5.98. The van der Waals surface area contributed by atoms with Crippen molar-refractivity contribution in [2.75, 3.05) is 38.6 Å². The van der Waals surface area contributed by atoms with Gasteiger partial charge in [-0.05, 0) is 45.8 Å². The Morgan fingerprint density at radius 3 is 2.67 bits per heavy atom. The Hall–Kier alpha value is -1.84. The highest BCUT2D eigenvalue weighted by atomic mass is 32.2. The van der Waals surface area contributed by atoms with Crippen LogP contribution in [0.15, 0.2) is 17.0 Å². The first-order valence-electron chi connectivity index (χ1n) is 9.32. The number of anilines is 1. The number of likely N-dealkylation sites (tertiary alicyclic amines) is 1. The average Bonchev–Trinajstić information content (AvgIpc) is 3.07. The molecular weight excluding hydrogens is 370 g/mol. The maximum atomic E-state index is 12.8. The standard InChI is InChI=1S/C18H29N3O5S/c1-4-21-9-7-8-13(21)12-20-18(22)14-10-17(27(23,24)26-6-3)15(19)11-16(14)25-5-2/h10-11,13H,4-9,12,19H2,1-3H3,(H,20,22). The molecule has 0 saturated carbocycles. The van der Waals surface area contributed by atoms with Crippen LogP contribution in [0.4, 0.5) is 5.69 Å². The van der Waals surface area contributed by atoms with Gasteiger partial charge in [0.2, 0.25) is 0 Å². The summed E-state index contributed by atoms with van der Waals surface area (Å²) < 4.78 is 34.8. The lowest BCUT2D eigenvalue weighted by Crippen LogP contribution is -2.40. The highest BCUT2D eigenvalue weighted by Crippen LogP contribution is 2.30. The van der Waals surface area contributed by atoms with E-state index < -0.39 is 16.0 Å². The van der Waals surface area contributed by atoms with E-state index in [9.17, 15) is 13.2 Å². The van der Waals surface area contributed by atoms with Crippen LogP contribution in [0.25, 0.3) is 0 Å². The number of ether oxygens (including phenoxy) is 1. The lowest BCUT2D eigenvalue weighted by atomic mass is 10.1. The number of carbonyl (C=O) groups excluding carboxylic acids is 1. The zero-order chi connectivity index (χ0) is 20.0. The molecule has 0 aromatic heterocycles. The van der Waals surface area contributed by atoms with Crippen LogP contribution >= 0.6 is 0 Å². The van der Waals surface area contributed by atoms with E-state index in [4.69, 9.17) is 14.7 Å². The van der Waals surface area contributed by atoms with Crippen LogP contribution in [0.2, 0.25) is 0 Å². The molecule has 0 bridgehead atoms. The minimum absolute atomic E-state index is 0.0172. The fourth-order valence-electron chi connectivity index (χ4n) is 3.31. The van der Waals surface area contributed by atoms with E-state index in [2.05, 4.69) is 17.1 Å². The second kappa shape index (κ2) is 9.38. The number of rotatable bonds is 9. The first-order chi connectivity index (χ1) is 12.8. The number of hydrogen-bond donors (Lipinski definition) is 2. The van der Waals surface area contributed by atoms with Crippen LogP contribution in [-0.2, 0) is 14.3 Å². The van der Waals surface area contributed by atoms with Gasteiger partial charge in [-0.15, -0.1) is 0 Å². The first-order valence-corrected chi connectivity index (χ1v) is 10.7. The molecule has 152 valence electrons. The van der Waals surface area contributed by atoms with Gasteiger partial charge in [-0.2, -0.15) is 8.42 Å². The lowest BCUT2D eigenvalue weighted by molar-refractivity contribution is 0.0937. The van der Waals surface area contributed by atoms with Crippen molar-refractivity contribution in [3.8, 4) is 5.75 Å². The van der Waals surface area contributed by atoms with Crippen molar-refractivity contribution >= 4 is 21.7 Å². The zero-order valence-corrected chi connectivity index (χ0v) is 17.0. The maximum Gasteiger partial charge on any atom is 0.299 e. The Balaban J connectivity index is 2.28. The maximum absolute atomic E-state index is 12.8. The fourth-order valence-corrected chi connectivity index (χ4v) is 4.36. The molecule has 0 aliphatic carbocycles. The van der Waals surface area contributed by atoms with Crippen molar-refractivity contribution in [1.82, 2.24) is 10.2 Å². The van der Waals surface area contributed by atoms with Crippen LogP contribution in [0, 0.1) is 0 Å². The molecular formula is C18H29N3O5S. The molecule has 27 heavy (non-hydrogen) atoms. The van der Waals surface area contributed by atoms with Gasteiger partial charge in [-0.1, -0.05) is 6.92 Å². The van der Waals surface area contributed by atoms with Gasteiger partial charge in [0, 0.05) is 18.7 Å². The first kappa shape index (κ1) is 21.5. The second-order valence-electron chi connectivity index (χ2n) is 6.31. The number of nitrogen functional groups attached to an aromatic ring is 1. The van der Waals surface area contributed by atoms with Crippen molar-refractivity contribution in [1.29, 1.82) is 0 Å². The summed E-state index contributed by atoms with van der Waals surface area (Å²) in [5.74, 6) is -0.143. The molecule has 1 aromatic carbocycles. The number of nitrogens with two attached hydrogens (primary N) is 1. The number of benzene rings is 1. The van der Waals surface area contributed by atoms with Gasteiger partial charge < -0.3 is 15.8 Å². The van der Waals surface area contributed by atoms with E-state index in [1.165, 1.54) is 12.1 Å². The van der Waals surface area contributed by atoms with Crippen molar-refractivity contribution in [3.63, 3.8) is 0 Å². The minimum atomic E-state index is -4.04. The molecule has 1 aliphatic heterocycles. The van der Waals surface area contributed by atoms with E-state index in [1.807, 2.05) is 0 Å². The molecule has 1 saturated heterocycles. The van der Waals surface area contributed by atoms with Gasteiger partial charge in [0.25, 0.3) is 16.0 Å². The summed E-state index contributed by atoms with van der Waals surface area (Å²) in [6, 6.07) is 2.88. The summed E-state index contributed by atoms with van der Waals surface area (Å²) in [6.07, 6.45) is 2.13. The molecule has 8 nitrogen and oxygen atoms in total. The number of hydrogen-bond acceptors (Lipinski definition) is 7. The van der Waals surface area contributed by atoms with Gasteiger partial charge >= 0.3 is 0 Å². The predicted molar refractivity (Wildman–Crippen MR) is 103 cm³/mol. The normalized spacial score (nSPS) is 17.8. The van der Waals surface area contributed by atoms with Gasteiger partial charge in [0.15, 0.2) is 0 Å². The monoisotopic (exact) mass is 399 g/mol. The zero-order valence-electron chi connectivity index (χ0n) is 16.2. The minimum Gasteiger partial charge on any atom is -0.493 e. The number of likely N-dealkylation sites (N-methyl/N-ethyl adjacent to an activating group) is 1. The number of amides is 1. The molecule has 1 aliphatic rings. The molecule has 1 heterocycles. The van der Waals surface area contributed by atoms with Crippen molar-refractivity contribution < 1.29 is 22.1 Å². The third-order valence-electron chi connectivity index (χ3n) is 4.60. The molecule has 2 rings (SSSR count). The molecule has 0 radical (unpaired) electrons. The Bertz CT molecular complexity index is 767. The van der Waals surface area contributed by atoms with Crippen molar-refractivity contribution in [3.05, 3.63) is 17.7 Å². The summed E-state index contributed by atoms with van der Waals surface area (Å²) in [7, 11) is -4.04. The predicted octanol–water partition coefficient (Wildman–Crippen LogP) is 1.61. The number of carbonyl (C=O) groups is 1. The van der Waals surface area contributed by atoms with Crippen molar-refractivity contribution in [2.24, 2.45) is 0 Å². The Labute approximate surface area is 161 Å². The molecule has 1 fully saturated rings.